The summed E-state index contributed by atoms with van der Waals surface area (Å²) in [5.74, 6) is 1.44. The van der Waals surface area contributed by atoms with Gasteiger partial charge in [0.2, 0.25) is 0 Å². The number of anilines is 1. The fourth-order valence-corrected chi connectivity index (χ4v) is 2.64. The quantitative estimate of drug-likeness (QED) is 0.857. The zero-order valence-electron chi connectivity index (χ0n) is 11.2. The summed E-state index contributed by atoms with van der Waals surface area (Å²) in [4.78, 5) is 12.0. The normalized spacial score (nSPS) is 22.8. The average molecular weight is 246 g/mol. The summed E-state index contributed by atoms with van der Waals surface area (Å²) in [6, 6.07) is 7.57. The lowest BCUT2D eigenvalue weighted by atomic mass is 9.98. The molecular formula is C15H22N2O. The second-order valence-electron chi connectivity index (χ2n) is 5.21. The summed E-state index contributed by atoms with van der Waals surface area (Å²) in [6.07, 6.45) is 3.86. The summed E-state index contributed by atoms with van der Waals surface area (Å²) in [6.45, 7) is 3.10. The van der Waals surface area contributed by atoms with Gasteiger partial charge in [-0.3, -0.25) is 4.79 Å². The highest BCUT2D eigenvalue weighted by Crippen LogP contribution is 2.30. The highest BCUT2D eigenvalue weighted by molar-refractivity contribution is 5.94. The molecule has 18 heavy (non-hydrogen) atoms. The smallest absolute Gasteiger partial charge is 0.251 e. The number of rotatable bonds is 4. The number of carbonyl (C=O) groups is 1. The van der Waals surface area contributed by atoms with E-state index in [9.17, 15) is 4.79 Å². The molecule has 1 aliphatic carbocycles. The lowest BCUT2D eigenvalue weighted by Gasteiger charge is -2.15. The third-order valence-electron chi connectivity index (χ3n) is 4.00. The summed E-state index contributed by atoms with van der Waals surface area (Å²) in [7, 11) is 1.87. The Bertz CT molecular complexity index is 399. The largest absolute Gasteiger partial charge is 0.388 e. The van der Waals surface area contributed by atoms with Gasteiger partial charge in [0.25, 0.3) is 5.91 Å². The molecule has 0 spiro atoms. The zero-order valence-corrected chi connectivity index (χ0v) is 11.2. The molecule has 0 aliphatic heterocycles. The van der Waals surface area contributed by atoms with Gasteiger partial charge >= 0.3 is 0 Å². The Hall–Kier alpha value is -1.51. The molecule has 0 radical (unpaired) electrons. The lowest BCUT2D eigenvalue weighted by Crippen LogP contribution is -2.30. The van der Waals surface area contributed by atoms with Crippen molar-refractivity contribution in [3.8, 4) is 0 Å². The lowest BCUT2D eigenvalue weighted by molar-refractivity contribution is 0.0944. The van der Waals surface area contributed by atoms with Gasteiger partial charge in [0, 0.05) is 24.8 Å². The summed E-state index contributed by atoms with van der Waals surface area (Å²) in [5, 5.41) is 6.09. The van der Waals surface area contributed by atoms with Crippen LogP contribution in [0.25, 0.3) is 0 Å². The molecule has 0 saturated heterocycles. The molecule has 98 valence electrons. The zero-order chi connectivity index (χ0) is 13.0. The molecule has 0 bridgehead atoms. The first kappa shape index (κ1) is 12.9. The summed E-state index contributed by atoms with van der Waals surface area (Å²) >= 11 is 0. The van der Waals surface area contributed by atoms with Crippen molar-refractivity contribution in [1.29, 1.82) is 0 Å². The van der Waals surface area contributed by atoms with Gasteiger partial charge in [-0.2, -0.15) is 0 Å². The monoisotopic (exact) mass is 246 g/mol. The molecule has 1 fully saturated rings. The minimum absolute atomic E-state index is 0.0387. The van der Waals surface area contributed by atoms with E-state index in [4.69, 9.17) is 0 Å². The van der Waals surface area contributed by atoms with Crippen molar-refractivity contribution in [3.05, 3.63) is 29.8 Å². The van der Waals surface area contributed by atoms with Crippen molar-refractivity contribution in [3.63, 3.8) is 0 Å². The maximum Gasteiger partial charge on any atom is 0.251 e. The number of benzene rings is 1. The van der Waals surface area contributed by atoms with Crippen LogP contribution in [0.2, 0.25) is 0 Å². The van der Waals surface area contributed by atoms with Gasteiger partial charge in [-0.1, -0.05) is 19.8 Å². The van der Waals surface area contributed by atoms with Gasteiger partial charge in [0.1, 0.15) is 0 Å². The molecule has 2 N–H and O–H groups in total. The third kappa shape index (κ3) is 3.03. The maximum atomic E-state index is 12.0. The van der Waals surface area contributed by atoms with Gasteiger partial charge in [-0.15, -0.1) is 0 Å². The molecule has 1 aromatic rings. The van der Waals surface area contributed by atoms with Crippen molar-refractivity contribution in [2.75, 3.05) is 18.9 Å². The Morgan fingerprint density at radius 1 is 1.28 bits per heavy atom. The maximum absolute atomic E-state index is 12.0. The molecule has 2 unspecified atom stereocenters. The van der Waals surface area contributed by atoms with E-state index >= 15 is 0 Å². The van der Waals surface area contributed by atoms with Gasteiger partial charge in [-0.25, -0.2) is 0 Å². The van der Waals surface area contributed by atoms with E-state index in [2.05, 4.69) is 17.6 Å². The Morgan fingerprint density at radius 2 is 2.00 bits per heavy atom. The SMILES string of the molecule is CNc1ccc(C(=O)NCC2CCCC2C)cc1. The standard InChI is InChI=1S/C15H22N2O/c1-11-4-3-5-13(11)10-17-15(18)12-6-8-14(16-2)9-7-12/h6-9,11,13,16H,3-5,10H2,1-2H3,(H,17,18). The molecule has 2 atom stereocenters. The molecule has 2 rings (SSSR count). The van der Waals surface area contributed by atoms with Crippen molar-refractivity contribution in [1.82, 2.24) is 5.32 Å². The van der Waals surface area contributed by atoms with Crippen molar-refractivity contribution in [2.24, 2.45) is 11.8 Å². The van der Waals surface area contributed by atoms with E-state index in [-0.39, 0.29) is 5.91 Å². The summed E-state index contributed by atoms with van der Waals surface area (Å²) in [5.41, 5.74) is 1.76. The highest BCUT2D eigenvalue weighted by atomic mass is 16.1. The van der Waals surface area contributed by atoms with Crippen LogP contribution >= 0.6 is 0 Å². The molecule has 0 aromatic heterocycles. The molecule has 1 saturated carbocycles. The van der Waals surface area contributed by atoms with E-state index in [1.165, 1.54) is 19.3 Å². The Morgan fingerprint density at radius 3 is 2.56 bits per heavy atom. The molecule has 1 amide bonds. The average Bonchev–Trinajstić information content (AvgIpc) is 2.81. The number of hydrogen-bond acceptors (Lipinski definition) is 2. The van der Waals surface area contributed by atoms with E-state index < -0.39 is 0 Å². The minimum atomic E-state index is 0.0387. The molecule has 3 heteroatoms. The number of nitrogens with one attached hydrogen (secondary N) is 2. The summed E-state index contributed by atoms with van der Waals surface area (Å²) < 4.78 is 0. The van der Waals surface area contributed by atoms with Crippen molar-refractivity contribution >= 4 is 11.6 Å². The highest BCUT2D eigenvalue weighted by Gasteiger charge is 2.23. The minimum Gasteiger partial charge on any atom is -0.388 e. The van der Waals surface area contributed by atoms with Crippen LogP contribution in [0.4, 0.5) is 5.69 Å². The van der Waals surface area contributed by atoms with Crippen LogP contribution in [0, 0.1) is 11.8 Å². The molecule has 0 heterocycles. The Balaban J connectivity index is 1.87. The number of hydrogen-bond donors (Lipinski definition) is 2. The predicted octanol–water partition coefficient (Wildman–Crippen LogP) is 2.89. The topological polar surface area (TPSA) is 41.1 Å². The predicted molar refractivity (Wildman–Crippen MR) is 74.8 cm³/mol. The first-order chi connectivity index (χ1) is 8.70. The second kappa shape index (κ2) is 5.89. The van der Waals surface area contributed by atoms with E-state index in [0.29, 0.717) is 5.92 Å². The van der Waals surface area contributed by atoms with Crippen LogP contribution in [-0.4, -0.2) is 19.5 Å². The van der Waals surface area contributed by atoms with Crippen LogP contribution < -0.4 is 10.6 Å². The fraction of sp³-hybridized carbons (Fsp3) is 0.533. The van der Waals surface area contributed by atoms with Crippen LogP contribution in [-0.2, 0) is 0 Å². The first-order valence-corrected chi connectivity index (χ1v) is 6.76. The second-order valence-corrected chi connectivity index (χ2v) is 5.21. The fourth-order valence-electron chi connectivity index (χ4n) is 2.64. The number of amides is 1. The van der Waals surface area contributed by atoms with Crippen LogP contribution in [0.15, 0.2) is 24.3 Å². The van der Waals surface area contributed by atoms with E-state index in [0.717, 1.165) is 23.7 Å². The van der Waals surface area contributed by atoms with Crippen molar-refractivity contribution < 1.29 is 4.79 Å². The van der Waals surface area contributed by atoms with Gasteiger partial charge < -0.3 is 10.6 Å². The first-order valence-electron chi connectivity index (χ1n) is 6.76. The Kier molecular flexibility index (Phi) is 4.24. The van der Waals surface area contributed by atoms with E-state index in [1.54, 1.807) is 0 Å². The van der Waals surface area contributed by atoms with E-state index in [1.807, 2.05) is 31.3 Å². The van der Waals surface area contributed by atoms with Crippen LogP contribution in [0.1, 0.15) is 36.5 Å². The van der Waals surface area contributed by atoms with Gasteiger partial charge in [0.15, 0.2) is 0 Å². The number of carbonyl (C=O) groups excluding carboxylic acids is 1. The molecule has 1 aromatic carbocycles. The third-order valence-corrected chi connectivity index (χ3v) is 4.00. The molecule has 3 nitrogen and oxygen atoms in total. The molecule has 1 aliphatic rings. The van der Waals surface area contributed by atoms with Crippen molar-refractivity contribution in [2.45, 2.75) is 26.2 Å². The van der Waals surface area contributed by atoms with Gasteiger partial charge in [0.05, 0.1) is 0 Å². The molecular weight excluding hydrogens is 224 g/mol. The van der Waals surface area contributed by atoms with Gasteiger partial charge in [-0.05, 0) is 42.5 Å². The Labute approximate surface area is 109 Å². The van der Waals surface area contributed by atoms with Crippen LogP contribution in [0.5, 0.6) is 0 Å². The van der Waals surface area contributed by atoms with Crippen LogP contribution in [0.3, 0.4) is 0 Å².